The topological polar surface area (TPSA) is 64.9 Å². The molecule has 16 heavy (non-hydrogen) atoms. The van der Waals surface area contributed by atoms with Crippen LogP contribution in [0, 0.1) is 0 Å². The van der Waals surface area contributed by atoms with Gasteiger partial charge >= 0.3 is 0 Å². The molecule has 0 amide bonds. The van der Waals surface area contributed by atoms with E-state index in [2.05, 4.69) is 26.1 Å². The van der Waals surface area contributed by atoms with Crippen LogP contribution < -0.4 is 5.73 Å². The molecule has 0 saturated heterocycles. The highest BCUT2D eigenvalue weighted by Gasteiger charge is 2.30. The number of nitrogens with two attached hydrogens (primary N) is 1. The average molecular weight is 300 g/mol. The van der Waals surface area contributed by atoms with E-state index in [-0.39, 0.29) is 6.04 Å². The van der Waals surface area contributed by atoms with Crippen molar-refractivity contribution in [2.75, 3.05) is 0 Å². The summed E-state index contributed by atoms with van der Waals surface area (Å²) in [6.07, 6.45) is 2.31. The van der Waals surface area contributed by atoms with Gasteiger partial charge in [0.2, 0.25) is 5.89 Å². The molecule has 4 nitrogen and oxygen atoms in total. The summed E-state index contributed by atoms with van der Waals surface area (Å²) in [7, 11) is 0. The predicted molar refractivity (Wildman–Crippen MR) is 64.3 cm³/mol. The summed E-state index contributed by atoms with van der Waals surface area (Å²) in [6.45, 7) is 0. The fourth-order valence-electron chi connectivity index (χ4n) is 1.49. The molecular weight excluding hydrogens is 290 g/mol. The third kappa shape index (κ3) is 1.92. The molecule has 0 radical (unpaired) electrons. The Morgan fingerprint density at radius 2 is 2.31 bits per heavy atom. The molecule has 2 heterocycles. The molecule has 0 aliphatic heterocycles. The Bertz CT molecular complexity index is 506. The minimum absolute atomic E-state index is 0.285. The van der Waals surface area contributed by atoms with Gasteiger partial charge in [-0.25, -0.2) is 0 Å². The van der Waals surface area contributed by atoms with Crippen LogP contribution in [0.4, 0.5) is 0 Å². The maximum absolute atomic E-state index is 6.07. The zero-order chi connectivity index (χ0) is 11.1. The molecule has 2 N–H and O–H groups in total. The summed E-state index contributed by atoms with van der Waals surface area (Å²) in [6, 6.07) is 3.67. The molecule has 1 aliphatic rings. The first-order valence-electron chi connectivity index (χ1n) is 5.08. The second-order valence-electron chi connectivity index (χ2n) is 3.88. The van der Waals surface area contributed by atoms with Gasteiger partial charge in [-0.15, -0.1) is 11.3 Å². The Labute approximate surface area is 105 Å². The molecule has 6 heteroatoms. The van der Waals surface area contributed by atoms with Crippen LogP contribution in [-0.2, 0) is 0 Å². The van der Waals surface area contributed by atoms with E-state index in [1.165, 1.54) is 0 Å². The van der Waals surface area contributed by atoms with E-state index < -0.39 is 0 Å². The number of hydrogen-bond acceptors (Lipinski definition) is 5. The van der Waals surface area contributed by atoms with Crippen LogP contribution in [0.5, 0.6) is 0 Å². The second kappa shape index (κ2) is 3.94. The van der Waals surface area contributed by atoms with Gasteiger partial charge in [-0.1, -0.05) is 5.16 Å². The molecule has 1 saturated carbocycles. The highest BCUT2D eigenvalue weighted by atomic mass is 79.9. The number of thiophene rings is 1. The van der Waals surface area contributed by atoms with Crippen LogP contribution >= 0.6 is 27.3 Å². The van der Waals surface area contributed by atoms with E-state index >= 15 is 0 Å². The van der Waals surface area contributed by atoms with Crippen LogP contribution in [0.3, 0.4) is 0 Å². The SMILES string of the molecule is NC(c1noc(C2CC2)n1)c1ccc(Br)s1. The van der Waals surface area contributed by atoms with Crippen molar-refractivity contribution in [3.8, 4) is 0 Å². The molecule has 2 aromatic rings. The minimum Gasteiger partial charge on any atom is -0.339 e. The molecule has 1 aliphatic carbocycles. The zero-order valence-electron chi connectivity index (χ0n) is 8.39. The van der Waals surface area contributed by atoms with Crippen molar-refractivity contribution in [3.05, 3.63) is 32.5 Å². The van der Waals surface area contributed by atoms with E-state index in [1.807, 2.05) is 12.1 Å². The molecule has 0 spiro atoms. The monoisotopic (exact) mass is 299 g/mol. The minimum atomic E-state index is -0.285. The summed E-state index contributed by atoms with van der Waals surface area (Å²) in [5.41, 5.74) is 6.07. The Morgan fingerprint density at radius 3 is 2.94 bits per heavy atom. The van der Waals surface area contributed by atoms with E-state index in [0.29, 0.717) is 11.7 Å². The van der Waals surface area contributed by atoms with E-state index in [0.717, 1.165) is 27.4 Å². The lowest BCUT2D eigenvalue weighted by molar-refractivity contribution is 0.372. The lowest BCUT2D eigenvalue weighted by Crippen LogP contribution is -2.11. The molecular formula is C10H10BrN3OS. The predicted octanol–water partition coefficient (Wildman–Crippen LogP) is 2.82. The highest BCUT2D eigenvalue weighted by molar-refractivity contribution is 9.11. The van der Waals surface area contributed by atoms with Crippen molar-refractivity contribution >= 4 is 27.3 Å². The fraction of sp³-hybridized carbons (Fsp3) is 0.400. The number of nitrogens with zero attached hydrogens (tertiary/aromatic N) is 2. The second-order valence-corrected chi connectivity index (χ2v) is 6.38. The molecule has 0 aromatic carbocycles. The molecule has 1 atom stereocenters. The maximum atomic E-state index is 6.07. The molecule has 84 valence electrons. The van der Waals surface area contributed by atoms with Crippen molar-refractivity contribution < 1.29 is 4.52 Å². The first-order valence-corrected chi connectivity index (χ1v) is 6.69. The number of hydrogen-bond donors (Lipinski definition) is 1. The quantitative estimate of drug-likeness (QED) is 0.946. The van der Waals surface area contributed by atoms with Gasteiger partial charge in [0.25, 0.3) is 0 Å². The Balaban J connectivity index is 1.84. The van der Waals surface area contributed by atoms with Crippen molar-refractivity contribution in [2.45, 2.75) is 24.8 Å². The fourth-order valence-corrected chi connectivity index (χ4v) is 2.91. The molecule has 1 fully saturated rings. The summed E-state index contributed by atoms with van der Waals surface area (Å²) in [5.74, 6) is 1.79. The van der Waals surface area contributed by atoms with Crippen molar-refractivity contribution in [2.24, 2.45) is 5.73 Å². The number of aromatic nitrogens is 2. The van der Waals surface area contributed by atoms with Crippen LogP contribution in [0.25, 0.3) is 0 Å². The van der Waals surface area contributed by atoms with Crippen LogP contribution in [-0.4, -0.2) is 10.1 Å². The van der Waals surface area contributed by atoms with Crippen molar-refractivity contribution in [3.63, 3.8) is 0 Å². The van der Waals surface area contributed by atoms with Gasteiger partial charge in [-0.05, 0) is 40.9 Å². The lowest BCUT2D eigenvalue weighted by Gasteiger charge is -2.01. The standard InChI is InChI=1S/C10H10BrN3OS/c11-7-4-3-6(16-7)8(12)9-13-10(15-14-9)5-1-2-5/h3-5,8H,1-2,12H2. The smallest absolute Gasteiger partial charge is 0.229 e. The summed E-state index contributed by atoms with van der Waals surface area (Å²) >= 11 is 5.00. The van der Waals surface area contributed by atoms with Gasteiger partial charge in [-0.2, -0.15) is 4.98 Å². The van der Waals surface area contributed by atoms with Gasteiger partial charge in [0.05, 0.1) is 3.79 Å². The van der Waals surface area contributed by atoms with Gasteiger partial charge in [-0.3, -0.25) is 0 Å². The van der Waals surface area contributed by atoms with Crippen LogP contribution in [0.2, 0.25) is 0 Å². The van der Waals surface area contributed by atoms with E-state index in [4.69, 9.17) is 10.3 Å². The zero-order valence-corrected chi connectivity index (χ0v) is 10.8. The summed E-state index contributed by atoms with van der Waals surface area (Å²) in [5, 5.41) is 3.94. The number of halogens is 1. The maximum Gasteiger partial charge on any atom is 0.229 e. The highest BCUT2D eigenvalue weighted by Crippen LogP contribution is 2.39. The molecule has 0 bridgehead atoms. The molecule has 1 unspecified atom stereocenters. The first kappa shape index (κ1) is 10.4. The van der Waals surface area contributed by atoms with Gasteiger partial charge in [0.1, 0.15) is 6.04 Å². The van der Waals surface area contributed by atoms with E-state index in [9.17, 15) is 0 Å². The van der Waals surface area contributed by atoms with Gasteiger partial charge in [0.15, 0.2) is 5.82 Å². The summed E-state index contributed by atoms with van der Waals surface area (Å²) in [4.78, 5) is 5.38. The normalized spacial score (nSPS) is 17.6. The third-order valence-corrected chi connectivity index (χ3v) is 4.27. The molecule has 2 aromatic heterocycles. The lowest BCUT2D eigenvalue weighted by atomic mass is 10.2. The number of rotatable bonds is 3. The van der Waals surface area contributed by atoms with E-state index in [1.54, 1.807) is 11.3 Å². The van der Waals surface area contributed by atoms with Gasteiger partial charge < -0.3 is 10.3 Å². The first-order chi connectivity index (χ1) is 7.74. The molecule has 3 rings (SSSR count). The third-order valence-electron chi connectivity index (χ3n) is 2.56. The summed E-state index contributed by atoms with van der Waals surface area (Å²) < 4.78 is 6.25. The Kier molecular flexibility index (Phi) is 2.57. The van der Waals surface area contributed by atoms with Crippen molar-refractivity contribution in [1.82, 2.24) is 10.1 Å². The van der Waals surface area contributed by atoms with Crippen LogP contribution in [0.1, 0.15) is 41.4 Å². The van der Waals surface area contributed by atoms with Crippen LogP contribution in [0.15, 0.2) is 20.4 Å². The van der Waals surface area contributed by atoms with Crippen molar-refractivity contribution in [1.29, 1.82) is 0 Å². The Hall–Kier alpha value is -0.720. The van der Waals surface area contributed by atoms with Gasteiger partial charge in [0, 0.05) is 10.8 Å². The Morgan fingerprint density at radius 1 is 1.50 bits per heavy atom. The average Bonchev–Trinajstić information content (AvgIpc) is 2.86. The largest absolute Gasteiger partial charge is 0.339 e.